The van der Waals surface area contributed by atoms with Crippen LogP contribution in [-0.2, 0) is 21.8 Å². The van der Waals surface area contributed by atoms with Crippen molar-refractivity contribution >= 4 is 16.2 Å². The molecule has 124 valence electrons. The zero-order valence-corrected chi connectivity index (χ0v) is 13.1. The van der Waals surface area contributed by atoms with Crippen molar-refractivity contribution in [2.24, 2.45) is 0 Å². The molecule has 1 aromatic rings. The van der Waals surface area contributed by atoms with E-state index in [9.17, 15) is 8.79 Å². The highest BCUT2D eigenvalue weighted by molar-refractivity contribution is 7.80. The molecule has 10 heteroatoms. The van der Waals surface area contributed by atoms with Gasteiger partial charge in [0.05, 0.1) is 25.2 Å². The monoisotopic (exact) mass is 337 g/mol. The Morgan fingerprint density at radius 2 is 1.86 bits per heavy atom. The summed E-state index contributed by atoms with van der Waals surface area (Å²) in [7, 11) is -2.30. The van der Waals surface area contributed by atoms with E-state index in [0.29, 0.717) is 28.5 Å². The van der Waals surface area contributed by atoms with Gasteiger partial charge in [-0.3, -0.25) is 0 Å². The van der Waals surface area contributed by atoms with Crippen molar-refractivity contribution in [1.29, 1.82) is 0 Å². The molecule has 0 aromatic heterocycles. The van der Waals surface area contributed by atoms with E-state index in [0.717, 1.165) is 12.0 Å². The summed E-state index contributed by atoms with van der Waals surface area (Å²) < 4.78 is 45.7. The van der Waals surface area contributed by atoms with Gasteiger partial charge < -0.3 is 14.0 Å². The van der Waals surface area contributed by atoms with Crippen LogP contribution in [0.3, 0.4) is 0 Å². The standard InChI is InChI=1S/C12H16NO4.FHO3S/c1-4-9-5-8-6-11(15-2)12(16-3)7-10(8)13(14)17-9;1-5(2,3)4/h6-7,9H,4-5H2,1-3H3;(H,2,3,4)/q+1;/p-1. The first-order valence-electron chi connectivity index (χ1n) is 6.24. The fraction of sp³-hybridized carbons (Fsp3) is 0.500. The van der Waals surface area contributed by atoms with E-state index in [1.165, 1.54) is 7.11 Å². The van der Waals surface area contributed by atoms with Crippen molar-refractivity contribution in [2.75, 3.05) is 14.2 Å². The topological polar surface area (TPSA) is 105 Å². The average Bonchev–Trinajstić information content (AvgIpc) is 2.43. The average molecular weight is 337 g/mol. The molecule has 22 heavy (non-hydrogen) atoms. The van der Waals surface area contributed by atoms with E-state index in [1.54, 1.807) is 13.2 Å². The predicted octanol–water partition coefficient (Wildman–Crippen LogP) is 1.80. The molecule has 0 saturated heterocycles. The fourth-order valence-electron chi connectivity index (χ4n) is 1.94. The maximum atomic E-state index is 11.7. The summed E-state index contributed by atoms with van der Waals surface area (Å²) in [4.78, 5) is 17.5. The Morgan fingerprint density at radius 1 is 1.36 bits per heavy atom. The maximum absolute atomic E-state index is 11.7. The van der Waals surface area contributed by atoms with E-state index in [-0.39, 0.29) is 6.10 Å². The lowest BCUT2D eigenvalue weighted by atomic mass is 10.0. The molecule has 1 heterocycles. The molecule has 1 aliphatic rings. The van der Waals surface area contributed by atoms with E-state index in [2.05, 4.69) is 0 Å². The van der Waals surface area contributed by atoms with Crippen molar-refractivity contribution in [2.45, 2.75) is 25.9 Å². The van der Waals surface area contributed by atoms with Gasteiger partial charge in [0.1, 0.15) is 0 Å². The van der Waals surface area contributed by atoms with Gasteiger partial charge in [0, 0.05) is 12.0 Å². The van der Waals surface area contributed by atoms with Gasteiger partial charge in [-0.25, -0.2) is 13.3 Å². The number of nitrogens with zero attached hydrogens (tertiary/aromatic N) is 1. The molecule has 0 N–H and O–H groups in total. The zero-order chi connectivity index (χ0) is 16.9. The summed E-state index contributed by atoms with van der Waals surface area (Å²) in [5, 5.41) is 0. The summed E-state index contributed by atoms with van der Waals surface area (Å²) in [5.74, 6) is 1.17. The van der Waals surface area contributed by atoms with Crippen LogP contribution in [0.4, 0.5) is 9.57 Å². The van der Waals surface area contributed by atoms with Crippen molar-refractivity contribution in [3.05, 3.63) is 22.6 Å². The summed E-state index contributed by atoms with van der Waals surface area (Å²) in [6.45, 7) is 1.99. The fourth-order valence-corrected chi connectivity index (χ4v) is 1.94. The highest BCUT2D eigenvalue weighted by Crippen LogP contribution is 2.37. The normalized spacial score (nSPS) is 16.8. The number of hydrogen-bond acceptors (Lipinski definition) is 7. The van der Waals surface area contributed by atoms with E-state index < -0.39 is 10.5 Å². The highest BCUT2D eigenvalue weighted by atomic mass is 32.3. The van der Waals surface area contributed by atoms with E-state index in [4.69, 9.17) is 27.3 Å². The van der Waals surface area contributed by atoms with Crippen molar-refractivity contribution < 1.29 is 36.1 Å². The van der Waals surface area contributed by atoms with Crippen LogP contribution in [-0.4, -0.2) is 38.2 Å². The molecule has 0 amide bonds. The minimum absolute atomic E-state index is 0.0712. The Balaban J connectivity index is 0.000000422. The minimum atomic E-state index is -5.42. The van der Waals surface area contributed by atoms with Gasteiger partial charge in [-0.1, -0.05) is 6.92 Å². The van der Waals surface area contributed by atoms with Crippen molar-refractivity contribution in [3.63, 3.8) is 0 Å². The number of methoxy groups -OCH3 is 2. The van der Waals surface area contributed by atoms with Crippen LogP contribution in [0.5, 0.6) is 11.5 Å². The Morgan fingerprint density at radius 3 is 2.32 bits per heavy atom. The first kappa shape index (κ1) is 18.1. The van der Waals surface area contributed by atoms with Crippen LogP contribution in [0.25, 0.3) is 0 Å². The summed E-state index contributed by atoms with van der Waals surface area (Å²) in [5.41, 5.74) is 1.42. The molecule has 1 atom stereocenters. The molecule has 0 aliphatic carbocycles. The second-order valence-electron chi connectivity index (χ2n) is 4.33. The number of hydrogen-bond donors (Lipinski definition) is 0. The van der Waals surface area contributed by atoms with Gasteiger partial charge in [-0.15, -0.1) is 3.89 Å². The molecule has 0 saturated carbocycles. The summed E-state index contributed by atoms with van der Waals surface area (Å²) >= 11 is 0. The number of rotatable bonds is 3. The number of benzene rings is 1. The second-order valence-corrected chi connectivity index (χ2v) is 5.11. The quantitative estimate of drug-likeness (QED) is 0.611. The lowest BCUT2D eigenvalue weighted by Gasteiger charge is -2.17. The molecule has 0 radical (unpaired) electrons. The van der Waals surface area contributed by atoms with Gasteiger partial charge in [0.15, 0.2) is 17.6 Å². The molecule has 0 fully saturated rings. The smallest absolute Gasteiger partial charge is 0.324 e. The minimum Gasteiger partial charge on any atom is -0.722 e. The van der Waals surface area contributed by atoms with Crippen LogP contribution in [0, 0.1) is 4.91 Å². The van der Waals surface area contributed by atoms with Crippen LogP contribution < -0.4 is 9.47 Å². The van der Waals surface area contributed by atoms with Gasteiger partial charge in [-0.2, -0.15) is 0 Å². The van der Waals surface area contributed by atoms with Crippen molar-refractivity contribution in [1.82, 2.24) is 0 Å². The molecule has 8 nitrogen and oxygen atoms in total. The molecule has 1 aliphatic heterocycles. The lowest BCUT2D eigenvalue weighted by Crippen LogP contribution is -2.25. The van der Waals surface area contributed by atoms with Crippen LogP contribution in [0.2, 0.25) is 0 Å². The van der Waals surface area contributed by atoms with Crippen LogP contribution in [0.1, 0.15) is 18.9 Å². The van der Waals surface area contributed by atoms with Gasteiger partial charge in [0.25, 0.3) is 15.4 Å². The Kier molecular flexibility index (Phi) is 6.06. The summed E-state index contributed by atoms with van der Waals surface area (Å²) in [6, 6.07) is 3.48. The van der Waals surface area contributed by atoms with Gasteiger partial charge in [0.2, 0.25) is 0 Å². The molecule has 1 unspecified atom stereocenters. The van der Waals surface area contributed by atoms with Gasteiger partial charge in [-0.05, 0) is 12.5 Å². The third-order valence-electron chi connectivity index (χ3n) is 2.93. The lowest BCUT2D eigenvalue weighted by molar-refractivity contribution is -0.761. The molecule has 2 rings (SSSR count). The van der Waals surface area contributed by atoms with Crippen molar-refractivity contribution in [3.8, 4) is 11.5 Å². The number of fused-ring (bicyclic) bond motifs is 1. The largest absolute Gasteiger partial charge is 0.722 e. The highest BCUT2D eigenvalue weighted by Gasteiger charge is 2.35. The Bertz CT molecular complexity index is 639. The molecule has 0 bridgehead atoms. The molecule has 1 aromatic carbocycles. The van der Waals surface area contributed by atoms with E-state index in [1.807, 2.05) is 13.0 Å². The number of ether oxygens (including phenoxy) is 2. The van der Waals surface area contributed by atoms with Crippen LogP contribution >= 0.6 is 0 Å². The van der Waals surface area contributed by atoms with E-state index >= 15 is 0 Å². The Hall–Kier alpha value is -1.94. The molecule has 0 spiro atoms. The first-order chi connectivity index (χ1) is 10.2. The SMILES string of the molecule is CCC1Cc2cc(OC)c(OC)cc2[N+](=O)O1.O=S(=O)([O-])F. The third kappa shape index (κ3) is 5.11. The number of halogens is 1. The first-order valence-corrected chi connectivity index (χ1v) is 7.54. The Labute approximate surface area is 127 Å². The molecular formula is C12H16FNO7S. The third-order valence-corrected chi connectivity index (χ3v) is 2.93. The second kappa shape index (κ2) is 7.36. The zero-order valence-electron chi connectivity index (χ0n) is 12.2. The maximum Gasteiger partial charge on any atom is 0.324 e. The van der Waals surface area contributed by atoms with Gasteiger partial charge >= 0.3 is 5.69 Å². The predicted molar refractivity (Wildman–Crippen MR) is 72.5 cm³/mol. The van der Waals surface area contributed by atoms with Crippen LogP contribution in [0.15, 0.2) is 12.1 Å². The molecular weight excluding hydrogens is 321 g/mol. The summed E-state index contributed by atoms with van der Waals surface area (Å²) in [6.07, 6.45) is 1.44.